The highest BCUT2D eigenvalue weighted by atomic mass is 16.1. The average Bonchev–Trinajstić information content (AvgIpc) is 2.28. The second-order valence-electron chi connectivity index (χ2n) is 3.55. The van der Waals surface area contributed by atoms with E-state index in [0.29, 0.717) is 12.3 Å². The summed E-state index contributed by atoms with van der Waals surface area (Å²) in [7, 11) is 0. The first-order valence-corrected chi connectivity index (χ1v) is 4.78. The standard InChI is InChI=1S/C9H18N2O/c10-9(12)4-3-8-2-1-6-11-7-5-8/h8,11H,1-7H2,(H2,10,12). The summed E-state index contributed by atoms with van der Waals surface area (Å²) in [5.41, 5.74) is 5.09. The van der Waals surface area contributed by atoms with E-state index >= 15 is 0 Å². The summed E-state index contributed by atoms with van der Waals surface area (Å²) in [4.78, 5) is 10.5. The van der Waals surface area contributed by atoms with Gasteiger partial charge in [0, 0.05) is 6.42 Å². The quantitative estimate of drug-likeness (QED) is 0.653. The third-order valence-corrected chi connectivity index (χ3v) is 2.49. The first-order valence-electron chi connectivity index (χ1n) is 4.78. The SMILES string of the molecule is NC(=O)CCC1CCCNCC1. The predicted octanol–water partition coefficient (Wildman–Crippen LogP) is 0.642. The summed E-state index contributed by atoms with van der Waals surface area (Å²) < 4.78 is 0. The molecular formula is C9H18N2O. The molecule has 12 heavy (non-hydrogen) atoms. The molecule has 3 N–H and O–H groups in total. The van der Waals surface area contributed by atoms with Crippen LogP contribution in [-0.2, 0) is 4.79 Å². The monoisotopic (exact) mass is 170 g/mol. The Morgan fingerprint density at radius 2 is 2.25 bits per heavy atom. The lowest BCUT2D eigenvalue weighted by Gasteiger charge is -2.11. The molecule has 0 aromatic heterocycles. The number of nitrogens with one attached hydrogen (secondary N) is 1. The first kappa shape index (κ1) is 9.52. The second kappa shape index (κ2) is 5.14. The Kier molecular flexibility index (Phi) is 4.08. The van der Waals surface area contributed by atoms with Crippen LogP contribution in [0, 0.1) is 5.92 Å². The molecule has 1 amide bonds. The van der Waals surface area contributed by atoms with Gasteiger partial charge in [-0.1, -0.05) is 0 Å². The van der Waals surface area contributed by atoms with Crippen LogP contribution >= 0.6 is 0 Å². The Hall–Kier alpha value is -0.570. The molecule has 1 aliphatic heterocycles. The number of carbonyl (C=O) groups is 1. The first-order chi connectivity index (χ1) is 5.79. The minimum absolute atomic E-state index is 0.160. The number of rotatable bonds is 3. The van der Waals surface area contributed by atoms with E-state index in [1.165, 1.54) is 19.3 Å². The molecule has 3 nitrogen and oxygen atoms in total. The molecule has 1 atom stereocenters. The Labute approximate surface area is 73.7 Å². The van der Waals surface area contributed by atoms with Gasteiger partial charge in [-0.2, -0.15) is 0 Å². The minimum atomic E-state index is -0.160. The normalized spacial score (nSPS) is 24.8. The smallest absolute Gasteiger partial charge is 0.217 e. The van der Waals surface area contributed by atoms with E-state index in [2.05, 4.69) is 5.32 Å². The molecule has 70 valence electrons. The predicted molar refractivity (Wildman–Crippen MR) is 48.6 cm³/mol. The Morgan fingerprint density at radius 3 is 3.00 bits per heavy atom. The van der Waals surface area contributed by atoms with E-state index in [0.717, 1.165) is 19.5 Å². The van der Waals surface area contributed by atoms with E-state index < -0.39 is 0 Å². The molecule has 0 aromatic rings. The Bertz CT molecular complexity index is 139. The third kappa shape index (κ3) is 3.72. The van der Waals surface area contributed by atoms with Gasteiger partial charge in [0.05, 0.1) is 0 Å². The van der Waals surface area contributed by atoms with E-state index in [4.69, 9.17) is 5.73 Å². The number of nitrogens with two attached hydrogens (primary N) is 1. The zero-order valence-electron chi connectivity index (χ0n) is 7.51. The van der Waals surface area contributed by atoms with Crippen molar-refractivity contribution in [1.29, 1.82) is 0 Å². The van der Waals surface area contributed by atoms with Crippen LogP contribution in [0.5, 0.6) is 0 Å². The van der Waals surface area contributed by atoms with Crippen molar-refractivity contribution in [3.05, 3.63) is 0 Å². The van der Waals surface area contributed by atoms with Gasteiger partial charge in [0.15, 0.2) is 0 Å². The van der Waals surface area contributed by atoms with Crippen molar-refractivity contribution in [2.45, 2.75) is 32.1 Å². The van der Waals surface area contributed by atoms with Crippen LogP contribution < -0.4 is 11.1 Å². The lowest BCUT2D eigenvalue weighted by atomic mass is 9.95. The molecule has 1 fully saturated rings. The molecule has 0 radical (unpaired) electrons. The van der Waals surface area contributed by atoms with Crippen molar-refractivity contribution < 1.29 is 4.79 Å². The molecule has 0 aromatic carbocycles. The molecule has 1 rings (SSSR count). The number of hydrogen-bond acceptors (Lipinski definition) is 2. The highest BCUT2D eigenvalue weighted by Gasteiger charge is 2.12. The molecule has 1 heterocycles. The zero-order valence-corrected chi connectivity index (χ0v) is 7.51. The van der Waals surface area contributed by atoms with Crippen LogP contribution in [0.15, 0.2) is 0 Å². The number of primary amides is 1. The van der Waals surface area contributed by atoms with Crippen LogP contribution in [0.3, 0.4) is 0 Å². The maximum atomic E-state index is 10.5. The van der Waals surface area contributed by atoms with Gasteiger partial charge in [-0.3, -0.25) is 4.79 Å². The fraction of sp³-hybridized carbons (Fsp3) is 0.889. The molecule has 1 unspecified atom stereocenters. The van der Waals surface area contributed by atoms with Gasteiger partial charge in [-0.05, 0) is 44.7 Å². The summed E-state index contributed by atoms with van der Waals surface area (Å²) >= 11 is 0. The number of hydrogen-bond donors (Lipinski definition) is 2. The highest BCUT2D eigenvalue weighted by Crippen LogP contribution is 2.18. The lowest BCUT2D eigenvalue weighted by Crippen LogP contribution is -2.15. The van der Waals surface area contributed by atoms with Crippen LogP contribution in [-0.4, -0.2) is 19.0 Å². The zero-order chi connectivity index (χ0) is 8.81. The van der Waals surface area contributed by atoms with Crippen LogP contribution in [0.25, 0.3) is 0 Å². The van der Waals surface area contributed by atoms with E-state index in [-0.39, 0.29) is 5.91 Å². The molecule has 1 saturated heterocycles. The van der Waals surface area contributed by atoms with E-state index in [9.17, 15) is 4.79 Å². The van der Waals surface area contributed by atoms with Crippen molar-refractivity contribution in [2.24, 2.45) is 11.7 Å². The maximum absolute atomic E-state index is 10.5. The summed E-state index contributed by atoms with van der Waals surface area (Å²) in [5, 5.41) is 3.35. The molecule has 0 bridgehead atoms. The van der Waals surface area contributed by atoms with Crippen molar-refractivity contribution >= 4 is 5.91 Å². The van der Waals surface area contributed by atoms with Gasteiger partial charge in [0.25, 0.3) is 0 Å². The van der Waals surface area contributed by atoms with Gasteiger partial charge in [0.1, 0.15) is 0 Å². The topological polar surface area (TPSA) is 55.1 Å². The lowest BCUT2D eigenvalue weighted by molar-refractivity contribution is -0.118. The van der Waals surface area contributed by atoms with Gasteiger partial charge >= 0.3 is 0 Å². The molecule has 3 heteroatoms. The minimum Gasteiger partial charge on any atom is -0.370 e. The molecule has 1 aliphatic rings. The highest BCUT2D eigenvalue weighted by molar-refractivity contribution is 5.73. The molecule has 0 aliphatic carbocycles. The van der Waals surface area contributed by atoms with Gasteiger partial charge in [0.2, 0.25) is 5.91 Å². The number of amides is 1. The average molecular weight is 170 g/mol. The number of carbonyl (C=O) groups excluding carboxylic acids is 1. The van der Waals surface area contributed by atoms with E-state index in [1.54, 1.807) is 0 Å². The van der Waals surface area contributed by atoms with Crippen LogP contribution in [0.2, 0.25) is 0 Å². The third-order valence-electron chi connectivity index (χ3n) is 2.49. The molecule has 0 saturated carbocycles. The van der Waals surface area contributed by atoms with Gasteiger partial charge in [-0.15, -0.1) is 0 Å². The Morgan fingerprint density at radius 1 is 1.42 bits per heavy atom. The summed E-state index contributed by atoms with van der Waals surface area (Å²) in [6.07, 6.45) is 5.23. The van der Waals surface area contributed by atoms with Gasteiger partial charge in [-0.25, -0.2) is 0 Å². The van der Waals surface area contributed by atoms with Gasteiger partial charge < -0.3 is 11.1 Å². The Balaban J connectivity index is 2.16. The summed E-state index contributed by atoms with van der Waals surface area (Å²) in [5.74, 6) is 0.555. The largest absolute Gasteiger partial charge is 0.370 e. The molecule has 0 spiro atoms. The summed E-state index contributed by atoms with van der Waals surface area (Å²) in [6, 6.07) is 0. The van der Waals surface area contributed by atoms with Crippen molar-refractivity contribution in [1.82, 2.24) is 5.32 Å². The fourth-order valence-corrected chi connectivity index (χ4v) is 1.73. The van der Waals surface area contributed by atoms with Crippen molar-refractivity contribution in [3.8, 4) is 0 Å². The maximum Gasteiger partial charge on any atom is 0.217 e. The second-order valence-corrected chi connectivity index (χ2v) is 3.55. The van der Waals surface area contributed by atoms with Crippen LogP contribution in [0.4, 0.5) is 0 Å². The molecular weight excluding hydrogens is 152 g/mol. The van der Waals surface area contributed by atoms with E-state index in [1.807, 2.05) is 0 Å². The van der Waals surface area contributed by atoms with Crippen LogP contribution in [0.1, 0.15) is 32.1 Å². The summed E-state index contributed by atoms with van der Waals surface area (Å²) in [6.45, 7) is 2.23. The van der Waals surface area contributed by atoms with Crippen molar-refractivity contribution in [2.75, 3.05) is 13.1 Å². The van der Waals surface area contributed by atoms with Crippen molar-refractivity contribution in [3.63, 3.8) is 0 Å². The fourth-order valence-electron chi connectivity index (χ4n) is 1.73.